The molecule has 7 heteroatoms. The molecule has 0 aromatic heterocycles. The molecule has 0 spiro atoms. The fourth-order valence-electron chi connectivity index (χ4n) is 3.48. The second-order valence-corrected chi connectivity index (χ2v) is 8.73. The summed E-state index contributed by atoms with van der Waals surface area (Å²) >= 11 is 0. The average molecular weight is 365 g/mol. The maximum absolute atomic E-state index is 12.6. The third kappa shape index (κ3) is 4.59. The first-order chi connectivity index (χ1) is 12.1. The van der Waals surface area contributed by atoms with Gasteiger partial charge < -0.3 is 4.90 Å². The van der Waals surface area contributed by atoms with E-state index >= 15 is 0 Å². The molecule has 0 N–H and O–H groups in total. The maximum Gasteiger partial charge on any atom is 0.243 e. The third-order valence-electron chi connectivity index (χ3n) is 5.03. The van der Waals surface area contributed by atoms with E-state index in [9.17, 15) is 13.2 Å². The number of hydrogen-bond acceptors (Lipinski definition) is 4. The van der Waals surface area contributed by atoms with Crippen LogP contribution in [-0.4, -0.2) is 74.2 Å². The second kappa shape index (κ2) is 8.29. The van der Waals surface area contributed by atoms with Crippen molar-refractivity contribution in [3.05, 3.63) is 30.3 Å². The van der Waals surface area contributed by atoms with Gasteiger partial charge in [0.1, 0.15) is 0 Å². The van der Waals surface area contributed by atoms with Gasteiger partial charge in [-0.2, -0.15) is 4.31 Å². The van der Waals surface area contributed by atoms with E-state index in [2.05, 4.69) is 4.90 Å². The highest BCUT2D eigenvalue weighted by molar-refractivity contribution is 7.89. The molecule has 0 aliphatic carbocycles. The van der Waals surface area contributed by atoms with Gasteiger partial charge in [-0.1, -0.05) is 31.0 Å². The molecule has 2 aliphatic rings. The van der Waals surface area contributed by atoms with Crippen molar-refractivity contribution < 1.29 is 13.2 Å². The zero-order chi connectivity index (χ0) is 17.7. The highest BCUT2D eigenvalue weighted by atomic mass is 32.2. The van der Waals surface area contributed by atoms with Gasteiger partial charge in [0.15, 0.2) is 0 Å². The summed E-state index contributed by atoms with van der Waals surface area (Å²) in [6.07, 6.45) is 4.60. The van der Waals surface area contributed by atoms with Crippen LogP contribution in [-0.2, 0) is 14.8 Å². The monoisotopic (exact) mass is 365 g/mol. The highest BCUT2D eigenvalue weighted by Gasteiger charge is 2.29. The number of hydrogen-bond donors (Lipinski definition) is 0. The number of nitrogens with zero attached hydrogens (tertiary/aromatic N) is 3. The van der Waals surface area contributed by atoms with Crippen molar-refractivity contribution in [2.24, 2.45) is 0 Å². The molecule has 0 radical (unpaired) electrons. The van der Waals surface area contributed by atoms with E-state index in [0.717, 1.165) is 25.9 Å². The SMILES string of the molecule is O=C(CN1CCN(S(=O)(=O)c2ccccc2)CC1)N1CCCCCC1. The number of rotatable bonds is 4. The van der Waals surface area contributed by atoms with Crippen molar-refractivity contribution >= 4 is 15.9 Å². The smallest absolute Gasteiger partial charge is 0.243 e. The molecular formula is C18H27N3O3S. The van der Waals surface area contributed by atoms with Gasteiger partial charge in [-0.3, -0.25) is 9.69 Å². The molecule has 2 fully saturated rings. The lowest BCUT2D eigenvalue weighted by Crippen LogP contribution is -2.51. The fourth-order valence-corrected chi connectivity index (χ4v) is 4.92. The fraction of sp³-hybridized carbons (Fsp3) is 0.611. The van der Waals surface area contributed by atoms with Gasteiger partial charge in [-0.25, -0.2) is 8.42 Å². The van der Waals surface area contributed by atoms with Crippen LogP contribution in [0.3, 0.4) is 0 Å². The van der Waals surface area contributed by atoms with Gasteiger partial charge in [0.25, 0.3) is 0 Å². The minimum Gasteiger partial charge on any atom is -0.342 e. The summed E-state index contributed by atoms with van der Waals surface area (Å²) in [6.45, 7) is 4.20. The largest absolute Gasteiger partial charge is 0.342 e. The predicted molar refractivity (Wildman–Crippen MR) is 96.7 cm³/mol. The van der Waals surface area contributed by atoms with Gasteiger partial charge in [0.2, 0.25) is 15.9 Å². The lowest BCUT2D eigenvalue weighted by Gasteiger charge is -2.34. The summed E-state index contributed by atoms with van der Waals surface area (Å²) in [5.74, 6) is 0.182. The first-order valence-corrected chi connectivity index (χ1v) is 10.6. The van der Waals surface area contributed by atoms with Crippen LogP contribution in [0, 0.1) is 0 Å². The van der Waals surface area contributed by atoms with Gasteiger partial charge in [0, 0.05) is 39.3 Å². The molecule has 6 nitrogen and oxygen atoms in total. The van der Waals surface area contributed by atoms with Crippen LogP contribution >= 0.6 is 0 Å². The summed E-state index contributed by atoms with van der Waals surface area (Å²) in [4.78, 5) is 16.9. The summed E-state index contributed by atoms with van der Waals surface area (Å²) < 4.78 is 26.8. The van der Waals surface area contributed by atoms with E-state index in [1.165, 1.54) is 17.1 Å². The molecule has 1 aromatic rings. The van der Waals surface area contributed by atoms with Gasteiger partial charge in [-0.15, -0.1) is 0 Å². The molecule has 1 amide bonds. The Labute approximate surface area is 150 Å². The number of carbonyl (C=O) groups excluding carboxylic acids is 1. The number of sulfonamides is 1. The molecule has 0 unspecified atom stereocenters. The Hall–Kier alpha value is -1.44. The van der Waals surface area contributed by atoms with Crippen molar-refractivity contribution in [2.45, 2.75) is 30.6 Å². The van der Waals surface area contributed by atoms with Crippen LogP contribution in [0.1, 0.15) is 25.7 Å². The molecule has 1 aromatic carbocycles. The summed E-state index contributed by atoms with van der Waals surface area (Å²) in [6, 6.07) is 8.55. The molecule has 2 saturated heterocycles. The molecule has 138 valence electrons. The van der Waals surface area contributed by atoms with Gasteiger partial charge >= 0.3 is 0 Å². The van der Waals surface area contributed by atoms with Crippen molar-refractivity contribution in [3.8, 4) is 0 Å². The van der Waals surface area contributed by atoms with Gasteiger partial charge in [-0.05, 0) is 25.0 Å². The minimum atomic E-state index is -3.43. The number of likely N-dealkylation sites (tertiary alicyclic amines) is 1. The first kappa shape index (κ1) is 18.4. The van der Waals surface area contributed by atoms with Crippen LogP contribution in [0.25, 0.3) is 0 Å². The van der Waals surface area contributed by atoms with E-state index in [1.807, 2.05) is 11.0 Å². The van der Waals surface area contributed by atoms with Crippen molar-refractivity contribution in [2.75, 3.05) is 45.8 Å². The summed E-state index contributed by atoms with van der Waals surface area (Å²) in [5, 5.41) is 0. The number of benzene rings is 1. The quantitative estimate of drug-likeness (QED) is 0.809. The lowest BCUT2D eigenvalue weighted by atomic mass is 10.2. The Morgan fingerprint density at radius 1 is 0.840 bits per heavy atom. The Morgan fingerprint density at radius 3 is 2.04 bits per heavy atom. The topological polar surface area (TPSA) is 60.9 Å². The van der Waals surface area contributed by atoms with Crippen LogP contribution < -0.4 is 0 Å². The minimum absolute atomic E-state index is 0.182. The Bertz CT molecular complexity index is 662. The first-order valence-electron chi connectivity index (χ1n) is 9.13. The molecule has 0 bridgehead atoms. The Balaban J connectivity index is 1.52. The standard InChI is InChI=1S/C18H27N3O3S/c22-18(20-10-6-1-2-7-11-20)16-19-12-14-21(15-13-19)25(23,24)17-8-4-3-5-9-17/h3-5,8-9H,1-2,6-7,10-16H2. The average Bonchev–Trinajstić information content (AvgIpc) is 2.92. The molecule has 0 saturated carbocycles. The van der Waals surface area contributed by atoms with E-state index in [1.54, 1.807) is 24.3 Å². The summed E-state index contributed by atoms with van der Waals surface area (Å²) in [5.41, 5.74) is 0. The predicted octanol–water partition coefficient (Wildman–Crippen LogP) is 1.40. The zero-order valence-corrected chi connectivity index (χ0v) is 15.5. The third-order valence-corrected chi connectivity index (χ3v) is 6.94. The normalized spacial score (nSPS) is 21.0. The number of carbonyl (C=O) groups is 1. The molecule has 0 atom stereocenters. The number of piperazine rings is 1. The second-order valence-electron chi connectivity index (χ2n) is 6.79. The van der Waals surface area contributed by atoms with Crippen molar-refractivity contribution in [3.63, 3.8) is 0 Å². The van der Waals surface area contributed by atoms with E-state index in [0.29, 0.717) is 37.6 Å². The van der Waals surface area contributed by atoms with Crippen molar-refractivity contribution in [1.29, 1.82) is 0 Å². The Kier molecular flexibility index (Phi) is 6.09. The molecule has 3 rings (SSSR count). The molecular weight excluding hydrogens is 338 g/mol. The van der Waals surface area contributed by atoms with Crippen LogP contribution in [0.15, 0.2) is 35.2 Å². The lowest BCUT2D eigenvalue weighted by molar-refractivity contribution is -0.132. The van der Waals surface area contributed by atoms with E-state index in [4.69, 9.17) is 0 Å². The van der Waals surface area contributed by atoms with Crippen LogP contribution in [0.5, 0.6) is 0 Å². The van der Waals surface area contributed by atoms with Gasteiger partial charge in [0.05, 0.1) is 11.4 Å². The Morgan fingerprint density at radius 2 is 1.44 bits per heavy atom. The highest BCUT2D eigenvalue weighted by Crippen LogP contribution is 2.17. The number of amides is 1. The molecule has 25 heavy (non-hydrogen) atoms. The molecule has 2 aliphatic heterocycles. The maximum atomic E-state index is 12.6. The van der Waals surface area contributed by atoms with Crippen molar-refractivity contribution in [1.82, 2.24) is 14.1 Å². The summed E-state index contributed by atoms with van der Waals surface area (Å²) in [7, 11) is -3.43. The van der Waals surface area contributed by atoms with Crippen LogP contribution in [0.4, 0.5) is 0 Å². The van der Waals surface area contributed by atoms with Crippen LogP contribution in [0.2, 0.25) is 0 Å². The van der Waals surface area contributed by atoms with E-state index in [-0.39, 0.29) is 5.91 Å². The van der Waals surface area contributed by atoms with E-state index < -0.39 is 10.0 Å². The molecule has 2 heterocycles. The zero-order valence-electron chi connectivity index (χ0n) is 14.6.